The van der Waals surface area contributed by atoms with Crippen molar-refractivity contribution in [1.29, 1.82) is 0 Å². The average molecular weight is 134 g/mol. The number of fused-ring (bicyclic) bond motifs is 1. The molecule has 2 atom stereocenters. The zero-order chi connectivity index (χ0) is 6.97. The number of hydrogen-bond acceptors (Lipinski definition) is 1. The zero-order valence-electron chi connectivity index (χ0n) is 5.79. The van der Waals surface area contributed by atoms with Gasteiger partial charge in [0.25, 0.3) is 0 Å². The van der Waals surface area contributed by atoms with Gasteiger partial charge in [-0.1, -0.05) is 18.2 Å². The van der Waals surface area contributed by atoms with Gasteiger partial charge in [0.15, 0.2) is 0 Å². The van der Waals surface area contributed by atoms with Crippen molar-refractivity contribution in [3.05, 3.63) is 23.8 Å². The zero-order valence-corrected chi connectivity index (χ0v) is 5.79. The molecule has 0 amide bonds. The molecule has 1 nitrogen and oxygen atoms in total. The highest BCUT2D eigenvalue weighted by Gasteiger charge is 2.29. The van der Waals surface area contributed by atoms with Crippen molar-refractivity contribution in [2.75, 3.05) is 0 Å². The van der Waals surface area contributed by atoms with Gasteiger partial charge in [-0.2, -0.15) is 0 Å². The summed E-state index contributed by atoms with van der Waals surface area (Å²) in [6.45, 7) is 0. The second kappa shape index (κ2) is 2.08. The summed E-state index contributed by atoms with van der Waals surface area (Å²) in [5.41, 5.74) is 0.999. The first-order chi connectivity index (χ1) is 4.92. The number of allylic oxidation sites excluding steroid dienone is 4. The van der Waals surface area contributed by atoms with Crippen molar-refractivity contribution in [3.63, 3.8) is 0 Å². The molecule has 0 spiro atoms. The molecule has 2 unspecified atom stereocenters. The minimum atomic E-state index is 0.470. The average Bonchev–Trinajstić information content (AvgIpc) is 2.44. The first-order valence-electron chi connectivity index (χ1n) is 3.73. The largest absolute Gasteiger partial charge is 0.298 e. The normalized spacial score (nSPS) is 35.8. The van der Waals surface area contributed by atoms with Gasteiger partial charge in [0.1, 0.15) is 6.29 Å². The van der Waals surface area contributed by atoms with Gasteiger partial charge in [0.2, 0.25) is 0 Å². The van der Waals surface area contributed by atoms with Crippen LogP contribution in [0.2, 0.25) is 0 Å². The molecule has 0 saturated carbocycles. The summed E-state index contributed by atoms with van der Waals surface area (Å²) in [7, 11) is 0. The first kappa shape index (κ1) is 5.90. The maximum atomic E-state index is 10.4. The lowest BCUT2D eigenvalue weighted by atomic mass is 9.95. The Morgan fingerprint density at radius 2 is 2.40 bits per heavy atom. The summed E-state index contributed by atoms with van der Waals surface area (Å²) in [5, 5.41) is 0. The van der Waals surface area contributed by atoms with Gasteiger partial charge in [0.05, 0.1) is 0 Å². The fourth-order valence-corrected chi connectivity index (χ4v) is 1.88. The van der Waals surface area contributed by atoms with Crippen LogP contribution in [0.25, 0.3) is 0 Å². The molecular formula is C9H10O. The van der Waals surface area contributed by atoms with Crippen LogP contribution < -0.4 is 0 Å². The van der Waals surface area contributed by atoms with Crippen LogP contribution in [-0.4, -0.2) is 6.29 Å². The lowest BCUT2D eigenvalue weighted by Gasteiger charge is -2.08. The Hall–Kier alpha value is -0.850. The van der Waals surface area contributed by atoms with Crippen LogP contribution in [0.3, 0.4) is 0 Å². The van der Waals surface area contributed by atoms with Crippen LogP contribution in [0, 0.1) is 11.8 Å². The van der Waals surface area contributed by atoms with Crippen LogP contribution in [0.1, 0.15) is 12.8 Å². The molecule has 0 bridgehead atoms. The Morgan fingerprint density at radius 3 is 3.20 bits per heavy atom. The monoisotopic (exact) mass is 134 g/mol. The number of aldehydes is 1. The quantitative estimate of drug-likeness (QED) is 0.394. The summed E-state index contributed by atoms with van der Waals surface area (Å²) in [5.74, 6) is 1.19. The minimum Gasteiger partial charge on any atom is -0.298 e. The van der Waals surface area contributed by atoms with E-state index < -0.39 is 0 Å². The molecule has 0 fully saturated rings. The van der Waals surface area contributed by atoms with Gasteiger partial charge < -0.3 is 0 Å². The Morgan fingerprint density at radius 1 is 1.50 bits per heavy atom. The van der Waals surface area contributed by atoms with E-state index in [1.807, 2.05) is 0 Å². The molecule has 2 rings (SSSR count). The van der Waals surface area contributed by atoms with E-state index in [0.717, 1.165) is 24.2 Å². The van der Waals surface area contributed by atoms with E-state index in [4.69, 9.17) is 0 Å². The second-order valence-electron chi connectivity index (χ2n) is 3.01. The van der Waals surface area contributed by atoms with Crippen LogP contribution >= 0.6 is 0 Å². The van der Waals surface area contributed by atoms with E-state index in [1.54, 1.807) is 0 Å². The fourth-order valence-electron chi connectivity index (χ4n) is 1.88. The molecule has 0 radical (unpaired) electrons. The highest BCUT2D eigenvalue weighted by Crippen LogP contribution is 2.38. The second-order valence-corrected chi connectivity index (χ2v) is 3.01. The van der Waals surface area contributed by atoms with Gasteiger partial charge in [-0.05, 0) is 24.3 Å². The van der Waals surface area contributed by atoms with Crippen LogP contribution in [0.5, 0.6) is 0 Å². The van der Waals surface area contributed by atoms with E-state index in [2.05, 4.69) is 18.2 Å². The van der Waals surface area contributed by atoms with Crippen LogP contribution in [-0.2, 0) is 4.79 Å². The van der Waals surface area contributed by atoms with Crippen molar-refractivity contribution < 1.29 is 4.79 Å². The molecular weight excluding hydrogens is 124 g/mol. The number of carbonyl (C=O) groups is 1. The topological polar surface area (TPSA) is 17.1 Å². The molecule has 0 aromatic carbocycles. The summed E-state index contributed by atoms with van der Waals surface area (Å²) >= 11 is 0. The lowest BCUT2D eigenvalue weighted by Crippen LogP contribution is -2.03. The Labute approximate surface area is 60.4 Å². The van der Waals surface area contributed by atoms with Gasteiger partial charge in [0, 0.05) is 5.92 Å². The number of rotatable bonds is 1. The number of hydrogen-bond donors (Lipinski definition) is 0. The molecule has 0 saturated heterocycles. The third-order valence-electron chi connectivity index (χ3n) is 2.47. The highest BCUT2D eigenvalue weighted by molar-refractivity contribution is 5.76. The molecule has 52 valence electrons. The van der Waals surface area contributed by atoms with E-state index >= 15 is 0 Å². The van der Waals surface area contributed by atoms with Gasteiger partial charge >= 0.3 is 0 Å². The third-order valence-corrected chi connectivity index (χ3v) is 2.47. The van der Waals surface area contributed by atoms with Gasteiger partial charge in [-0.25, -0.2) is 0 Å². The minimum absolute atomic E-state index is 0.470. The van der Waals surface area contributed by atoms with Crippen LogP contribution in [0.4, 0.5) is 0 Å². The van der Waals surface area contributed by atoms with Crippen molar-refractivity contribution in [3.8, 4) is 0 Å². The van der Waals surface area contributed by atoms with E-state index in [9.17, 15) is 4.79 Å². The predicted octanol–water partition coefficient (Wildman–Crippen LogP) is 1.71. The van der Waals surface area contributed by atoms with Crippen molar-refractivity contribution in [2.45, 2.75) is 12.8 Å². The first-order valence-corrected chi connectivity index (χ1v) is 3.73. The third kappa shape index (κ3) is 0.666. The molecule has 0 aliphatic heterocycles. The fraction of sp³-hybridized carbons (Fsp3) is 0.444. The van der Waals surface area contributed by atoms with E-state index in [1.165, 1.54) is 6.42 Å². The van der Waals surface area contributed by atoms with E-state index in [0.29, 0.717) is 5.92 Å². The predicted molar refractivity (Wildman–Crippen MR) is 39.5 cm³/mol. The molecule has 0 heterocycles. The van der Waals surface area contributed by atoms with Crippen molar-refractivity contribution in [2.24, 2.45) is 11.8 Å². The molecule has 2 aliphatic rings. The molecule has 0 N–H and O–H groups in total. The molecule has 1 heteroatoms. The number of carbonyl (C=O) groups excluding carboxylic acids is 1. The van der Waals surface area contributed by atoms with Gasteiger partial charge in [-0.3, -0.25) is 4.79 Å². The maximum Gasteiger partial charge on any atom is 0.146 e. The van der Waals surface area contributed by atoms with Crippen molar-refractivity contribution in [1.82, 2.24) is 0 Å². The molecule has 0 aromatic heterocycles. The van der Waals surface area contributed by atoms with Crippen molar-refractivity contribution >= 4 is 6.29 Å². The summed E-state index contributed by atoms with van der Waals surface area (Å²) in [4.78, 5) is 10.4. The molecule has 10 heavy (non-hydrogen) atoms. The Bertz CT molecular complexity index is 213. The molecule has 2 aliphatic carbocycles. The summed E-state index contributed by atoms with van der Waals surface area (Å²) in [6.07, 6.45) is 9.69. The smallest absolute Gasteiger partial charge is 0.146 e. The lowest BCUT2D eigenvalue weighted by molar-refractivity contribution is -0.105. The van der Waals surface area contributed by atoms with E-state index in [-0.39, 0.29) is 0 Å². The summed E-state index contributed by atoms with van der Waals surface area (Å²) in [6, 6.07) is 0. The highest BCUT2D eigenvalue weighted by atomic mass is 16.1. The standard InChI is InChI=1S/C9H10O/c10-6-8-5-4-7-2-1-3-9(7)8/h1,3,5-7,9H,2,4H2. The Kier molecular flexibility index (Phi) is 1.23. The molecule has 0 aromatic rings. The van der Waals surface area contributed by atoms with Gasteiger partial charge in [-0.15, -0.1) is 0 Å². The van der Waals surface area contributed by atoms with Crippen LogP contribution in [0.15, 0.2) is 23.8 Å². The summed E-state index contributed by atoms with van der Waals surface area (Å²) < 4.78 is 0. The SMILES string of the molecule is O=CC1=CCC2CC=CC12. The Balaban J connectivity index is 2.24. The maximum absolute atomic E-state index is 10.4.